The molecule has 0 unspecified atom stereocenters. The molecule has 3 atom stereocenters. The number of nitrogens with zero attached hydrogens (tertiary/aromatic N) is 1. The van der Waals surface area contributed by atoms with Crippen LogP contribution in [0.5, 0.6) is 0 Å². The molecule has 3 aromatic rings. The molecule has 25 heavy (non-hydrogen) atoms. The molecule has 0 spiro atoms. The lowest BCUT2D eigenvalue weighted by molar-refractivity contribution is 0.454. The molecule has 0 N–H and O–H groups in total. The van der Waals surface area contributed by atoms with E-state index in [2.05, 4.69) is 91.5 Å². The molecule has 2 heterocycles. The zero-order valence-corrected chi connectivity index (χ0v) is 14.8. The van der Waals surface area contributed by atoms with Crippen LogP contribution >= 0.6 is 0 Å². The summed E-state index contributed by atoms with van der Waals surface area (Å²) in [5.74, 6) is 1.04. The fourth-order valence-corrected chi connectivity index (χ4v) is 4.93. The van der Waals surface area contributed by atoms with E-state index in [9.17, 15) is 0 Å². The van der Waals surface area contributed by atoms with E-state index in [1.807, 2.05) is 0 Å². The van der Waals surface area contributed by atoms with E-state index in [4.69, 9.17) is 0 Å². The lowest BCUT2D eigenvalue weighted by atomic mass is 9.73. The number of para-hydroxylation sites is 2. The molecule has 0 amide bonds. The van der Waals surface area contributed by atoms with Crippen LogP contribution in [-0.4, -0.2) is 6.04 Å². The summed E-state index contributed by atoms with van der Waals surface area (Å²) in [4.78, 5) is 2.61. The number of aryl methyl sites for hydroxylation is 1. The largest absolute Gasteiger partial charge is 0.337 e. The van der Waals surface area contributed by atoms with Crippen molar-refractivity contribution in [2.75, 3.05) is 4.90 Å². The van der Waals surface area contributed by atoms with Gasteiger partial charge in [0.15, 0.2) is 0 Å². The smallest absolute Gasteiger partial charge is 0.0457 e. The first-order valence-electron chi connectivity index (χ1n) is 9.26. The van der Waals surface area contributed by atoms with Crippen LogP contribution < -0.4 is 4.90 Å². The monoisotopic (exact) mass is 325 g/mol. The van der Waals surface area contributed by atoms with Crippen LogP contribution in [0.25, 0.3) is 0 Å². The first-order valence-corrected chi connectivity index (χ1v) is 9.26. The van der Waals surface area contributed by atoms with Crippen molar-refractivity contribution >= 4 is 11.4 Å². The SMILES string of the molecule is Cc1ccc([C@@H]2[C@H](C)c3ccccc3N3c4ccccc4C[C@@H]23)cc1. The quantitative estimate of drug-likeness (QED) is 0.533. The Morgan fingerprint density at radius 3 is 2.28 bits per heavy atom. The Kier molecular flexibility index (Phi) is 3.24. The molecule has 0 aromatic heterocycles. The Balaban J connectivity index is 1.71. The van der Waals surface area contributed by atoms with Crippen molar-refractivity contribution in [2.24, 2.45) is 0 Å². The highest BCUT2D eigenvalue weighted by molar-refractivity contribution is 5.76. The van der Waals surface area contributed by atoms with E-state index in [0.29, 0.717) is 17.9 Å². The van der Waals surface area contributed by atoms with E-state index in [-0.39, 0.29) is 0 Å². The third-order valence-electron chi connectivity index (χ3n) is 6.11. The van der Waals surface area contributed by atoms with Crippen molar-refractivity contribution in [3.63, 3.8) is 0 Å². The van der Waals surface area contributed by atoms with E-state index in [1.54, 1.807) is 0 Å². The maximum atomic E-state index is 2.61. The van der Waals surface area contributed by atoms with E-state index >= 15 is 0 Å². The molecule has 0 aliphatic carbocycles. The van der Waals surface area contributed by atoms with Crippen molar-refractivity contribution in [1.29, 1.82) is 0 Å². The second kappa shape index (κ2) is 5.49. The normalized spacial score (nSPS) is 23.8. The molecular weight excluding hydrogens is 302 g/mol. The van der Waals surface area contributed by atoms with E-state index in [0.717, 1.165) is 6.42 Å². The molecule has 124 valence electrons. The van der Waals surface area contributed by atoms with E-state index < -0.39 is 0 Å². The number of fused-ring (bicyclic) bond motifs is 5. The van der Waals surface area contributed by atoms with Gasteiger partial charge >= 0.3 is 0 Å². The average Bonchev–Trinajstić information content (AvgIpc) is 3.02. The number of anilines is 2. The Bertz CT molecular complexity index is 925. The Hall–Kier alpha value is -2.54. The van der Waals surface area contributed by atoms with Gasteiger partial charge in [0.05, 0.1) is 0 Å². The molecule has 2 aliphatic rings. The van der Waals surface area contributed by atoms with Gasteiger partial charge in [-0.3, -0.25) is 0 Å². The summed E-state index contributed by atoms with van der Waals surface area (Å²) >= 11 is 0. The Morgan fingerprint density at radius 2 is 1.48 bits per heavy atom. The molecular formula is C24H23N. The van der Waals surface area contributed by atoms with Crippen LogP contribution in [0.4, 0.5) is 11.4 Å². The molecule has 5 rings (SSSR count). The number of rotatable bonds is 1. The van der Waals surface area contributed by atoms with Crippen molar-refractivity contribution in [2.45, 2.75) is 38.1 Å². The second-order valence-corrected chi connectivity index (χ2v) is 7.55. The molecule has 3 aromatic carbocycles. The summed E-state index contributed by atoms with van der Waals surface area (Å²) in [7, 11) is 0. The van der Waals surface area contributed by atoms with Crippen LogP contribution in [0.1, 0.15) is 41.0 Å². The van der Waals surface area contributed by atoms with Crippen LogP contribution in [0.3, 0.4) is 0 Å². The highest BCUT2D eigenvalue weighted by atomic mass is 15.2. The van der Waals surface area contributed by atoms with Gasteiger partial charge in [-0.2, -0.15) is 0 Å². The average molecular weight is 325 g/mol. The lowest BCUT2D eigenvalue weighted by Crippen LogP contribution is -2.40. The lowest BCUT2D eigenvalue weighted by Gasteiger charge is -2.44. The molecule has 1 nitrogen and oxygen atoms in total. The molecule has 0 fully saturated rings. The summed E-state index contributed by atoms with van der Waals surface area (Å²) in [5, 5.41) is 0. The second-order valence-electron chi connectivity index (χ2n) is 7.55. The van der Waals surface area contributed by atoms with Crippen LogP contribution in [0.2, 0.25) is 0 Å². The predicted octanol–water partition coefficient (Wildman–Crippen LogP) is 5.96. The summed E-state index contributed by atoms with van der Waals surface area (Å²) in [6, 6.07) is 27.6. The molecule has 0 bridgehead atoms. The van der Waals surface area contributed by atoms with Crippen LogP contribution in [0, 0.1) is 6.92 Å². The Morgan fingerprint density at radius 1 is 0.800 bits per heavy atom. The van der Waals surface area contributed by atoms with Gasteiger partial charge < -0.3 is 4.90 Å². The highest BCUT2D eigenvalue weighted by Gasteiger charge is 2.44. The topological polar surface area (TPSA) is 3.24 Å². The number of hydrogen-bond acceptors (Lipinski definition) is 1. The van der Waals surface area contributed by atoms with Gasteiger partial charge in [0.25, 0.3) is 0 Å². The Labute approximate surface area is 149 Å². The zero-order valence-electron chi connectivity index (χ0n) is 14.8. The standard InChI is InChI=1S/C24H23N/c1-16-11-13-18(14-12-16)24-17(2)20-8-4-6-10-22(20)25-21-9-5-3-7-19(21)15-23(24)25/h3-14,17,23-24H,15H2,1-2H3/t17-,23+,24+/m1/s1. The highest BCUT2D eigenvalue weighted by Crippen LogP contribution is 2.53. The van der Waals surface area contributed by atoms with Crippen molar-refractivity contribution < 1.29 is 0 Å². The van der Waals surface area contributed by atoms with Gasteiger partial charge in [-0.15, -0.1) is 0 Å². The van der Waals surface area contributed by atoms with Gasteiger partial charge in [-0.25, -0.2) is 0 Å². The minimum absolute atomic E-state index is 0.505. The fraction of sp³-hybridized carbons (Fsp3) is 0.250. The van der Waals surface area contributed by atoms with Crippen molar-refractivity contribution in [3.05, 3.63) is 95.1 Å². The molecule has 0 saturated carbocycles. The summed E-state index contributed by atoms with van der Waals surface area (Å²) in [5.41, 5.74) is 8.54. The van der Waals surface area contributed by atoms with Gasteiger partial charge in [-0.05, 0) is 48.1 Å². The van der Waals surface area contributed by atoms with Gasteiger partial charge in [0.2, 0.25) is 0 Å². The van der Waals surface area contributed by atoms with Crippen LogP contribution in [-0.2, 0) is 6.42 Å². The van der Waals surface area contributed by atoms with Crippen LogP contribution in [0.15, 0.2) is 72.8 Å². The molecule has 1 heteroatoms. The number of benzene rings is 3. The van der Waals surface area contributed by atoms with Gasteiger partial charge in [-0.1, -0.05) is 73.2 Å². The summed E-state index contributed by atoms with van der Waals surface area (Å²) in [6.07, 6.45) is 1.13. The molecule has 2 aliphatic heterocycles. The summed E-state index contributed by atoms with van der Waals surface area (Å²) < 4.78 is 0. The van der Waals surface area contributed by atoms with Gasteiger partial charge in [0, 0.05) is 23.3 Å². The zero-order chi connectivity index (χ0) is 17.0. The third-order valence-corrected chi connectivity index (χ3v) is 6.11. The summed E-state index contributed by atoms with van der Waals surface area (Å²) in [6.45, 7) is 4.57. The number of hydrogen-bond donors (Lipinski definition) is 0. The maximum Gasteiger partial charge on any atom is 0.0457 e. The van der Waals surface area contributed by atoms with Crippen molar-refractivity contribution in [3.8, 4) is 0 Å². The molecule has 0 saturated heterocycles. The first-order chi connectivity index (χ1) is 12.2. The maximum absolute atomic E-state index is 2.61. The minimum atomic E-state index is 0.505. The van der Waals surface area contributed by atoms with Gasteiger partial charge in [0.1, 0.15) is 0 Å². The third kappa shape index (κ3) is 2.15. The predicted molar refractivity (Wildman–Crippen MR) is 105 cm³/mol. The van der Waals surface area contributed by atoms with E-state index in [1.165, 1.54) is 33.6 Å². The molecule has 0 radical (unpaired) electrons. The van der Waals surface area contributed by atoms with Crippen molar-refractivity contribution in [1.82, 2.24) is 0 Å². The minimum Gasteiger partial charge on any atom is -0.337 e. The fourth-order valence-electron chi connectivity index (χ4n) is 4.93. The first kappa shape index (κ1) is 14.8.